The lowest BCUT2D eigenvalue weighted by atomic mass is 10.1. The number of hydrogen-bond acceptors (Lipinski definition) is 10. The molecule has 0 aliphatic carbocycles. The molecular weight excluding hydrogens is 556 g/mol. The van der Waals surface area contributed by atoms with E-state index in [4.69, 9.17) is 26.1 Å². The molecule has 0 radical (unpaired) electrons. The standard InChI is InChI=1S/C26H29ClN8O4S/c1-32(2)40(36,37)35-9-8-28-24(35)16-34(18-10-19(38-4)12-20(11-18)39-5)23-7-6-22-26(31-23)25(27)21(14-29-22)17-13-30-33(3)15-17/h6-15,36-37H,16H2,1-5H3. The highest BCUT2D eigenvalue weighted by molar-refractivity contribution is 8.20. The zero-order chi connectivity index (χ0) is 28.6. The molecule has 0 aliphatic heterocycles. The highest BCUT2D eigenvalue weighted by atomic mass is 35.5. The number of nitrogens with zero attached hydrogens (tertiary/aromatic N) is 8. The van der Waals surface area contributed by atoms with Crippen molar-refractivity contribution in [3.63, 3.8) is 0 Å². The summed E-state index contributed by atoms with van der Waals surface area (Å²) in [5.74, 6) is 2.05. The first-order chi connectivity index (χ1) is 19.1. The van der Waals surface area contributed by atoms with Crippen molar-refractivity contribution in [2.24, 2.45) is 7.05 Å². The zero-order valence-electron chi connectivity index (χ0n) is 22.6. The molecule has 4 heterocycles. The number of anilines is 2. The van der Waals surface area contributed by atoms with Crippen LogP contribution in [-0.2, 0) is 13.6 Å². The number of fused-ring (bicyclic) bond motifs is 1. The Labute approximate surface area is 238 Å². The van der Waals surface area contributed by atoms with Crippen molar-refractivity contribution in [1.29, 1.82) is 0 Å². The van der Waals surface area contributed by atoms with Gasteiger partial charge < -0.3 is 14.4 Å². The van der Waals surface area contributed by atoms with E-state index in [-0.39, 0.29) is 6.54 Å². The van der Waals surface area contributed by atoms with Gasteiger partial charge in [0.2, 0.25) is 0 Å². The number of ether oxygens (including phenoxy) is 2. The summed E-state index contributed by atoms with van der Waals surface area (Å²) in [5, 5.41) is 4.68. The molecule has 2 N–H and O–H groups in total. The van der Waals surface area contributed by atoms with Crippen LogP contribution in [0.15, 0.2) is 61.3 Å². The van der Waals surface area contributed by atoms with E-state index in [1.165, 1.54) is 20.7 Å². The Morgan fingerprint density at radius 3 is 2.38 bits per heavy atom. The van der Waals surface area contributed by atoms with Gasteiger partial charge in [0.05, 0.1) is 43.2 Å². The van der Waals surface area contributed by atoms with E-state index >= 15 is 0 Å². The normalized spacial score (nSPS) is 12.2. The summed E-state index contributed by atoms with van der Waals surface area (Å²) in [5.41, 5.74) is 3.32. The minimum absolute atomic E-state index is 0.124. The van der Waals surface area contributed by atoms with E-state index in [1.807, 2.05) is 42.4 Å². The summed E-state index contributed by atoms with van der Waals surface area (Å²) in [4.78, 5) is 15.8. The van der Waals surface area contributed by atoms with Crippen molar-refractivity contribution in [3.05, 3.63) is 72.2 Å². The third-order valence-electron chi connectivity index (χ3n) is 6.31. The van der Waals surface area contributed by atoms with Crippen LogP contribution in [-0.4, -0.2) is 70.4 Å². The van der Waals surface area contributed by atoms with Crippen molar-refractivity contribution in [1.82, 2.24) is 33.0 Å². The van der Waals surface area contributed by atoms with Gasteiger partial charge in [0.1, 0.15) is 28.7 Å². The van der Waals surface area contributed by atoms with Crippen LogP contribution < -0.4 is 14.4 Å². The topological polar surface area (TPSA) is 127 Å². The molecule has 210 valence electrons. The van der Waals surface area contributed by atoms with Crippen LogP contribution in [0.1, 0.15) is 5.82 Å². The Balaban J connectivity index is 1.67. The molecule has 14 heteroatoms. The number of aryl methyl sites for hydroxylation is 1. The lowest BCUT2D eigenvalue weighted by Gasteiger charge is -2.40. The quantitative estimate of drug-likeness (QED) is 0.238. The van der Waals surface area contributed by atoms with Crippen molar-refractivity contribution >= 4 is 45.1 Å². The van der Waals surface area contributed by atoms with Crippen LogP contribution in [0, 0.1) is 0 Å². The van der Waals surface area contributed by atoms with Crippen molar-refractivity contribution < 1.29 is 18.6 Å². The Morgan fingerprint density at radius 1 is 1.02 bits per heavy atom. The monoisotopic (exact) mass is 584 g/mol. The Bertz CT molecular complexity index is 1650. The molecule has 0 unspecified atom stereocenters. The van der Waals surface area contributed by atoms with Gasteiger partial charge in [-0.25, -0.2) is 13.9 Å². The zero-order valence-corrected chi connectivity index (χ0v) is 24.1. The fourth-order valence-corrected chi connectivity index (χ4v) is 5.42. The second-order valence-corrected chi connectivity index (χ2v) is 11.5. The number of imidazole rings is 1. The van der Waals surface area contributed by atoms with Gasteiger partial charge in [0.25, 0.3) is 0 Å². The van der Waals surface area contributed by atoms with Crippen LogP contribution in [0.3, 0.4) is 0 Å². The van der Waals surface area contributed by atoms with E-state index in [9.17, 15) is 9.11 Å². The smallest absolute Gasteiger partial charge is 0.148 e. The maximum absolute atomic E-state index is 10.9. The number of halogens is 1. The summed E-state index contributed by atoms with van der Waals surface area (Å²) >= 11 is 6.88. The van der Waals surface area contributed by atoms with Gasteiger partial charge in [-0.1, -0.05) is 11.6 Å². The Hall–Kier alpha value is -3.88. The second kappa shape index (κ2) is 10.9. The van der Waals surface area contributed by atoms with Gasteiger partial charge in [0.15, 0.2) is 0 Å². The fourth-order valence-electron chi connectivity index (χ4n) is 4.16. The minimum atomic E-state index is -3.32. The molecule has 0 atom stereocenters. The number of pyridine rings is 2. The largest absolute Gasteiger partial charge is 0.497 e. The second-order valence-electron chi connectivity index (χ2n) is 9.05. The van der Waals surface area contributed by atoms with Gasteiger partial charge in [-0.05, 0) is 23.1 Å². The number of hydrogen-bond donors (Lipinski definition) is 2. The summed E-state index contributed by atoms with van der Waals surface area (Å²) in [6.07, 6.45) is 8.33. The maximum atomic E-state index is 10.9. The third kappa shape index (κ3) is 5.17. The van der Waals surface area contributed by atoms with Crippen molar-refractivity contribution in [3.8, 4) is 22.6 Å². The minimum Gasteiger partial charge on any atom is -0.497 e. The molecule has 0 saturated carbocycles. The van der Waals surface area contributed by atoms with Crippen LogP contribution in [0.2, 0.25) is 5.02 Å². The summed E-state index contributed by atoms with van der Waals surface area (Å²) in [6.45, 7) is 0.124. The lowest BCUT2D eigenvalue weighted by Crippen LogP contribution is -2.28. The van der Waals surface area contributed by atoms with Crippen LogP contribution >= 0.6 is 22.6 Å². The van der Waals surface area contributed by atoms with Crippen LogP contribution in [0.4, 0.5) is 11.5 Å². The van der Waals surface area contributed by atoms with E-state index in [0.29, 0.717) is 50.4 Å². The fraction of sp³-hybridized carbons (Fsp3) is 0.231. The summed E-state index contributed by atoms with van der Waals surface area (Å²) < 4.78 is 37.1. The van der Waals surface area contributed by atoms with Gasteiger partial charge in [-0.15, -0.1) is 0 Å². The molecule has 5 aromatic rings. The first-order valence-corrected chi connectivity index (χ1v) is 13.9. The van der Waals surface area contributed by atoms with E-state index in [0.717, 1.165) is 5.56 Å². The average Bonchev–Trinajstić information content (AvgIpc) is 3.60. The third-order valence-corrected chi connectivity index (χ3v) is 8.53. The summed E-state index contributed by atoms with van der Waals surface area (Å²) in [6, 6.07) is 9.08. The molecule has 40 heavy (non-hydrogen) atoms. The molecule has 0 aliphatic rings. The molecular formula is C26H29ClN8O4S. The lowest BCUT2D eigenvalue weighted by molar-refractivity contribution is 0.394. The van der Waals surface area contributed by atoms with Gasteiger partial charge in [-0.3, -0.25) is 18.8 Å². The highest BCUT2D eigenvalue weighted by Crippen LogP contribution is 2.44. The first kappa shape index (κ1) is 27.7. The molecule has 1 aromatic carbocycles. The van der Waals surface area contributed by atoms with Crippen molar-refractivity contribution in [2.75, 3.05) is 33.2 Å². The SMILES string of the molecule is COc1cc(OC)cc(N(Cc2nccn2S(O)(O)N(C)C)c2ccc3ncc(-c4cnn(C)c4)c(Cl)c3n2)c1. The average molecular weight is 585 g/mol. The summed E-state index contributed by atoms with van der Waals surface area (Å²) in [7, 11) is 4.82. The van der Waals surface area contributed by atoms with Crippen LogP contribution in [0.5, 0.6) is 11.5 Å². The van der Waals surface area contributed by atoms with Gasteiger partial charge in [0, 0.05) is 75.3 Å². The first-order valence-electron chi connectivity index (χ1n) is 12.1. The molecule has 0 fully saturated rings. The molecule has 0 saturated heterocycles. The van der Waals surface area contributed by atoms with Gasteiger partial charge in [-0.2, -0.15) is 9.40 Å². The Morgan fingerprint density at radius 2 is 1.75 bits per heavy atom. The van der Waals surface area contributed by atoms with E-state index in [2.05, 4.69) is 15.1 Å². The molecule has 0 amide bonds. The molecule has 5 rings (SSSR count). The van der Waals surface area contributed by atoms with Crippen LogP contribution in [0.25, 0.3) is 22.2 Å². The molecule has 0 spiro atoms. The predicted molar refractivity (Wildman–Crippen MR) is 156 cm³/mol. The number of benzene rings is 1. The maximum Gasteiger partial charge on any atom is 0.148 e. The molecule has 4 aromatic heterocycles. The number of rotatable bonds is 9. The predicted octanol–water partition coefficient (Wildman–Crippen LogP) is 5.23. The van der Waals surface area contributed by atoms with E-state index in [1.54, 1.807) is 51.5 Å². The Kier molecular flexibility index (Phi) is 7.57. The highest BCUT2D eigenvalue weighted by Gasteiger charge is 2.25. The van der Waals surface area contributed by atoms with E-state index < -0.39 is 11.0 Å². The number of aromatic nitrogens is 6. The molecule has 12 nitrogen and oxygen atoms in total. The molecule has 0 bridgehead atoms. The van der Waals surface area contributed by atoms with Gasteiger partial charge >= 0.3 is 0 Å². The number of methoxy groups -OCH3 is 2. The van der Waals surface area contributed by atoms with Crippen molar-refractivity contribution in [2.45, 2.75) is 6.54 Å².